The summed E-state index contributed by atoms with van der Waals surface area (Å²) >= 11 is 0. The molecule has 1 aromatic rings. The van der Waals surface area contributed by atoms with E-state index in [-0.39, 0.29) is 18.6 Å². The van der Waals surface area contributed by atoms with Gasteiger partial charge in [0.15, 0.2) is 0 Å². The van der Waals surface area contributed by atoms with Crippen LogP contribution < -0.4 is 11.1 Å². The van der Waals surface area contributed by atoms with Crippen molar-refractivity contribution in [2.45, 2.75) is 25.8 Å². The Labute approximate surface area is 95.5 Å². The van der Waals surface area contributed by atoms with Crippen molar-refractivity contribution in [3.8, 4) is 0 Å². The van der Waals surface area contributed by atoms with E-state index in [2.05, 4.69) is 5.32 Å². The first-order valence-corrected chi connectivity index (χ1v) is 5.36. The number of benzene rings is 1. The van der Waals surface area contributed by atoms with Gasteiger partial charge in [-0.05, 0) is 31.0 Å². The molecule has 16 heavy (non-hydrogen) atoms. The van der Waals surface area contributed by atoms with Crippen molar-refractivity contribution < 1.29 is 9.90 Å². The number of carbonyl (C=O) groups excluding carboxylic acids is 1. The maximum atomic E-state index is 11.6. The summed E-state index contributed by atoms with van der Waals surface area (Å²) in [6, 6.07) is 7.27. The van der Waals surface area contributed by atoms with Crippen LogP contribution in [0.5, 0.6) is 0 Å². The lowest BCUT2D eigenvalue weighted by molar-refractivity contribution is -0.121. The average molecular weight is 222 g/mol. The number of hydrogen-bond donors (Lipinski definition) is 3. The second-order valence-corrected chi connectivity index (χ2v) is 3.90. The monoisotopic (exact) mass is 222 g/mol. The Morgan fingerprint density at radius 1 is 1.56 bits per heavy atom. The zero-order valence-corrected chi connectivity index (χ0v) is 9.44. The van der Waals surface area contributed by atoms with Crippen LogP contribution in [0.2, 0.25) is 0 Å². The van der Waals surface area contributed by atoms with E-state index in [1.807, 2.05) is 19.1 Å². The lowest BCUT2D eigenvalue weighted by Gasteiger charge is -2.12. The van der Waals surface area contributed by atoms with Crippen molar-refractivity contribution in [1.82, 2.24) is 5.32 Å². The fourth-order valence-corrected chi connectivity index (χ4v) is 1.48. The highest BCUT2D eigenvalue weighted by molar-refractivity contribution is 5.79. The number of amides is 1. The smallest absolute Gasteiger partial charge is 0.224 e. The fraction of sp³-hybridized carbons (Fsp3) is 0.417. The van der Waals surface area contributed by atoms with Gasteiger partial charge in [-0.15, -0.1) is 0 Å². The van der Waals surface area contributed by atoms with Crippen molar-refractivity contribution in [2.75, 3.05) is 12.3 Å². The van der Waals surface area contributed by atoms with Crippen LogP contribution in [0.15, 0.2) is 24.3 Å². The van der Waals surface area contributed by atoms with Crippen molar-refractivity contribution in [2.24, 2.45) is 0 Å². The van der Waals surface area contributed by atoms with E-state index in [4.69, 9.17) is 10.8 Å². The highest BCUT2D eigenvalue weighted by Gasteiger charge is 2.07. The van der Waals surface area contributed by atoms with Gasteiger partial charge in [0.25, 0.3) is 0 Å². The second-order valence-electron chi connectivity index (χ2n) is 3.90. The third kappa shape index (κ3) is 4.31. The summed E-state index contributed by atoms with van der Waals surface area (Å²) in [4.78, 5) is 11.6. The number of aliphatic hydroxyl groups is 1. The summed E-state index contributed by atoms with van der Waals surface area (Å²) in [5, 5.41) is 11.5. The summed E-state index contributed by atoms with van der Waals surface area (Å²) in [6.45, 7) is 1.95. The number of carbonyl (C=O) groups is 1. The highest BCUT2D eigenvalue weighted by atomic mass is 16.3. The number of rotatable bonds is 5. The third-order valence-corrected chi connectivity index (χ3v) is 2.29. The van der Waals surface area contributed by atoms with Gasteiger partial charge in [0.05, 0.1) is 6.42 Å². The lowest BCUT2D eigenvalue weighted by Crippen LogP contribution is -2.34. The van der Waals surface area contributed by atoms with Crippen molar-refractivity contribution in [1.29, 1.82) is 0 Å². The Balaban J connectivity index is 2.45. The summed E-state index contributed by atoms with van der Waals surface area (Å²) in [5.74, 6) is -0.0495. The van der Waals surface area contributed by atoms with Crippen molar-refractivity contribution in [3.05, 3.63) is 29.8 Å². The normalized spacial score (nSPS) is 12.1. The van der Waals surface area contributed by atoms with Gasteiger partial charge >= 0.3 is 0 Å². The molecule has 88 valence electrons. The van der Waals surface area contributed by atoms with Gasteiger partial charge in [0, 0.05) is 18.3 Å². The molecule has 1 unspecified atom stereocenters. The van der Waals surface area contributed by atoms with Crippen LogP contribution in [0.25, 0.3) is 0 Å². The molecule has 0 fully saturated rings. The summed E-state index contributed by atoms with van der Waals surface area (Å²) in [7, 11) is 0. The van der Waals surface area contributed by atoms with Crippen LogP contribution in [0.4, 0.5) is 5.69 Å². The number of nitrogens with one attached hydrogen (secondary N) is 1. The highest BCUT2D eigenvalue weighted by Crippen LogP contribution is 2.07. The van der Waals surface area contributed by atoms with Gasteiger partial charge in [-0.25, -0.2) is 0 Å². The minimum atomic E-state index is -0.0495. The zero-order chi connectivity index (χ0) is 12.0. The minimum Gasteiger partial charge on any atom is -0.399 e. The number of anilines is 1. The molecule has 1 rings (SSSR count). The molecule has 0 aliphatic carbocycles. The van der Waals surface area contributed by atoms with E-state index < -0.39 is 0 Å². The Bertz CT molecular complexity index is 353. The summed E-state index contributed by atoms with van der Waals surface area (Å²) in [5.41, 5.74) is 7.18. The van der Waals surface area contributed by atoms with Gasteiger partial charge < -0.3 is 16.2 Å². The van der Waals surface area contributed by atoms with Gasteiger partial charge in [0.2, 0.25) is 5.91 Å². The van der Waals surface area contributed by atoms with Gasteiger partial charge in [-0.3, -0.25) is 4.79 Å². The Kier molecular flexibility index (Phi) is 4.79. The first kappa shape index (κ1) is 12.5. The number of aliphatic hydroxyl groups excluding tert-OH is 1. The standard InChI is InChI=1S/C12H18N2O2/c1-9(5-6-15)14-12(16)8-10-3-2-4-11(13)7-10/h2-4,7,9,15H,5-6,8,13H2,1H3,(H,14,16). The molecule has 1 atom stereocenters. The molecule has 4 heteroatoms. The van der Waals surface area contributed by atoms with Gasteiger partial charge in [0.1, 0.15) is 0 Å². The average Bonchev–Trinajstić information content (AvgIpc) is 2.17. The zero-order valence-electron chi connectivity index (χ0n) is 9.44. The van der Waals surface area contributed by atoms with Crippen LogP contribution in [0, 0.1) is 0 Å². The van der Waals surface area contributed by atoms with Gasteiger partial charge in [-0.1, -0.05) is 12.1 Å². The number of nitrogen functional groups attached to an aromatic ring is 1. The molecular formula is C12H18N2O2. The quantitative estimate of drug-likeness (QED) is 0.642. The minimum absolute atomic E-state index is 0.00133. The maximum absolute atomic E-state index is 11.6. The predicted molar refractivity (Wildman–Crippen MR) is 63.9 cm³/mol. The predicted octanol–water partition coefficient (Wildman–Crippen LogP) is 0.698. The van der Waals surface area contributed by atoms with Crippen molar-refractivity contribution in [3.63, 3.8) is 0 Å². The molecule has 0 radical (unpaired) electrons. The second kappa shape index (κ2) is 6.12. The molecule has 0 aliphatic heterocycles. The summed E-state index contributed by atoms with van der Waals surface area (Å²) in [6.07, 6.45) is 0.892. The molecule has 4 N–H and O–H groups in total. The van der Waals surface area contributed by atoms with Crippen LogP contribution in [-0.2, 0) is 11.2 Å². The van der Waals surface area contributed by atoms with Crippen LogP contribution in [0.1, 0.15) is 18.9 Å². The molecule has 0 aliphatic rings. The van der Waals surface area contributed by atoms with Crippen molar-refractivity contribution >= 4 is 11.6 Å². The molecule has 0 spiro atoms. The molecule has 0 aromatic heterocycles. The Hall–Kier alpha value is -1.55. The molecular weight excluding hydrogens is 204 g/mol. The first-order chi connectivity index (χ1) is 7.61. The first-order valence-electron chi connectivity index (χ1n) is 5.36. The maximum Gasteiger partial charge on any atom is 0.224 e. The molecule has 4 nitrogen and oxygen atoms in total. The van der Waals surface area contributed by atoms with E-state index >= 15 is 0 Å². The SMILES string of the molecule is CC(CCO)NC(=O)Cc1cccc(N)c1. The van der Waals surface area contributed by atoms with Crippen LogP contribution in [0.3, 0.4) is 0 Å². The van der Waals surface area contributed by atoms with Gasteiger partial charge in [-0.2, -0.15) is 0 Å². The Morgan fingerprint density at radius 2 is 2.31 bits per heavy atom. The molecule has 1 amide bonds. The molecule has 0 bridgehead atoms. The fourth-order valence-electron chi connectivity index (χ4n) is 1.48. The van der Waals surface area contributed by atoms with E-state index in [9.17, 15) is 4.79 Å². The van der Waals surface area contributed by atoms with E-state index in [1.54, 1.807) is 12.1 Å². The summed E-state index contributed by atoms with van der Waals surface area (Å²) < 4.78 is 0. The van der Waals surface area contributed by atoms with E-state index in [1.165, 1.54) is 0 Å². The molecule has 0 saturated heterocycles. The number of hydrogen-bond acceptors (Lipinski definition) is 3. The van der Waals surface area contributed by atoms with E-state index in [0.29, 0.717) is 18.5 Å². The van der Waals surface area contributed by atoms with E-state index in [0.717, 1.165) is 5.56 Å². The molecule has 1 aromatic carbocycles. The number of nitrogens with two attached hydrogens (primary N) is 1. The third-order valence-electron chi connectivity index (χ3n) is 2.29. The van der Waals surface area contributed by atoms with Crippen LogP contribution in [-0.4, -0.2) is 23.7 Å². The molecule has 0 heterocycles. The molecule has 0 saturated carbocycles. The van der Waals surface area contributed by atoms with Crippen LogP contribution >= 0.6 is 0 Å². The lowest BCUT2D eigenvalue weighted by atomic mass is 10.1. The Morgan fingerprint density at radius 3 is 2.94 bits per heavy atom. The largest absolute Gasteiger partial charge is 0.399 e. The topological polar surface area (TPSA) is 75.3 Å².